The number of anilines is 2. The summed E-state index contributed by atoms with van der Waals surface area (Å²) in [6.45, 7) is 4.36. The van der Waals surface area contributed by atoms with E-state index in [0.717, 1.165) is 42.8 Å². The van der Waals surface area contributed by atoms with Crippen molar-refractivity contribution in [3.05, 3.63) is 35.8 Å². The number of carbonyl (C=O) groups excluding carboxylic acids is 1. The Morgan fingerprint density at radius 3 is 2.83 bits per heavy atom. The molecule has 0 saturated heterocycles. The van der Waals surface area contributed by atoms with Crippen molar-refractivity contribution in [3.8, 4) is 5.75 Å². The second-order valence-corrected chi connectivity index (χ2v) is 7.85. The number of phenolic OH excluding ortho intramolecular Hbond substituents is 1. The molecule has 1 saturated carbocycles. The Morgan fingerprint density at radius 1 is 1.24 bits per heavy atom. The van der Waals surface area contributed by atoms with Gasteiger partial charge in [0, 0.05) is 18.3 Å². The predicted octanol–water partition coefficient (Wildman–Crippen LogP) is 3.73. The third kappa shape index (κ3) is 4.09. The Bertz CT molecular complexity index is 950. The van der Waals surface area contributed by atoms with Crippen LogP contribution >= 0.6 is 0 Å². The van der Waals surface area contributed by atoms with Gasteiger partial charge >= 0.3 is 0 Å². The topological polar surface area (TPSA) is 90.7 Å². The maximum atomic E-state index is 12.7. The Hall–Kier alpha value is -2.96. The molecule has 2 heterocycles. The second-order valence-electron chi connectivity index (χ2n) is 7.85. The van der Waals surface area contributed by atoms with Crippen molar-refractivity contribution < 1.29 is 9.90 Å². The number of nitrogens with one attached hydrogen (secondary N) is 1. The first-order chi connectivity index (χ1) is 14.0. The number of phenols is 1. The molecule has 4 rings (SSSR count). The van der Waals surface area contributed by atoms with Gasteiger partial charge in [0.05, 0.1) is 5.69 Å². The van der Waals surface area contributed by atoms with E-state index < -0.39 is 0 Å². The molecule has 0 atom stereocenters. The largest absolute Gasteiger partial charge is 0.508 e. The zero-order chi connectivity index (χ0) is 20.4. The van der Waals surface area contributed by atoms with Crippen LogP contribution in [0.5, 0.6) is 5.75 Å². The van der Waals surface area contributed by atoms with Crippen LogP contribution in [0.15, 0.2) is 29.5 Å². The van der Waals surface area contributed by atoms with Crippen LogP contribution < -0.4 is 10.2 Å². The number of aromatic hydroxyl groups is 1. The Balaban J connectivity index is 1.62. The van der Waals surface area contributed by atoms with Crippen LogP contribution in [0, 0.1) is 6.92 Å². The van der Waals surface area contributed by atoms with E-state index in [-0.39, 0.29) is 17.7 Å². The molecular formula is C22H27N5O2. The first-order valence-electron chi connectivity index (χ1n) is 10.3. The van der Waals surface area contributed by atoms with E-state index in [9.17, 15) is 9.90 Å². The molecule has 1 amide bonds. The molecule has 1 aliphatic carbocycles. The molecule has 7 nitrogen and oxygen atoms in total. The predicted molar refractivity (Wildman–Crippen MR) is 113 cm³/mol. The molecule has 29 heavy (non-hydrogen) atoms. The molecule has 0 unspecified atom stereocenters. The average Bonchev–Trinajstić information content (AvgIpc) is 3.13. The minimum Gasteiger partial charge on any atom is -0.508 e. The summed E-state index contributed by atoms with van der Waals surface area (Å²) in [4.78, 5) is 28.2. The van der Waals surface area contributed by atoms with Gasteiger partial charge in [-0.3, -0.25) is 4.79 Å². The van der Waals surface area contributed by atoms with Crippen LogP contribution in [-0.4, -0.2) is 39.3 Å². The Kier molecular flexibility index (Phi) is 5.47. The third-order valence-corrected chi connectivity index (χ3v) is 5.75. The lowest BCUT2D eigenvalue weighted by molar-refractivity contribution is -0.115. The van der Waals surface area contributed by atoms with Crippen LogP contribution in [-0.2, 0) is 11.2 Å². The number of carbonyl (C=O) groups is 1. The Morgan fingerprint density at radius 2 is 2.03 bits per heavy atom. The first kappa shape index (κ1) is 19.4. The van der Waals surface area contributed by atoms with Crippen molar-refractivity contribution in [2.75, 3.05) is 11.4 Å². The molecule has 2 N–H and O–H groups in total. The first-order valence-corrected chi connectivity index (χ1v) is 10.3. The van der Waals surface area contributed by atoms with E-state index in [0.29, 0.717) is 17.2 Å². The minimum atomic E-state index is -0.127. The van der Waals surface area contributed by atoms with E-state index in [1.54, 1.807) is 19.1 Å². The minimum absolute atomic E-state index is 0.127. The van der Waals surface area contributed by atoms with E-state index in [2.05, 4.69) is 25.2 Å². The molecule has 1 aromatic carbocycles. The molecule has 1 aromatic heterocycles. The van der Waals surface area contributed by atoms with E-state index in [4.69, 9.17) is 0 Å². The molecule has 2 aliphatic rings. The molecule has 1 aliphatic heterocycles. The average molecular weight is 393 g/mol. The summed E-state index contributed by atoms with van der Waals surface area (Å²) >= 11 is 0. The van der Waals surface area contributed by atoms with Crippen molar-refractivity contribution >= 4 is 28.8 Å². The molecule has 2 aromatic rings. The molecule has 1 fully saturated rings. The van der Waals surface area contributed by atoms with Gasteiger partial charge in [-0.15, -0.1) is 0 Å². The van der Waals surface area contributed by atoms with Gasteiger partial charge in [-0.25, -0.2) is 15.0 Å². The highest BCUT2D eigenvalue weighted by molar-refractivity contribution is 6.38. The summed E-state index contributed by atoms with van der Waals surface area (Å²) in [6.07, 6.45) is 8.00. The fourth-order valence-electron chi connectivity index (χ4n) is 4.15. The van der Waals surface area contributed by atoms with Crippen molar-refractivity contribution in [1.29, 1.82) is 0 Å². The maximum absolute atomic E-state index is 12.7. The molecule has 7 heteroatoms. The van der Waals surface area contributed by atoms with Crippen LogP contribution in [0.3, 0.4) is 0 Å². The summed E-state index contributed by atoms with van der Waals surface area (Å²) < 4.78 is 0. The Labute approximate surface area is 170 Å². The molecule has 0 spiro atoms. The fraction of sp³-hybridized carbons (Fsp3) is 0.455. The lowest BCUT2D eigenvalue weighted by Gasteiger charge is -2.23. The summed E-state index contributed by atoms with van der Waals surface area (Å²) in [5.74, 6) is 0.822. The summed E-state index contributed by atoms with van der Waals surface area (Å²) in [5, 5.41) is 12.9. The maximum Gasteiger partial charge on any atom is 0.265 e. The lowest BCUT2D eigenvalue weighted by Crippen LogP contribution is -2.39. The molecule has 152 valence electrons. The number of nitrogens with zero attached hydrogens (tertiary/aromatic N) is 4. The van der Waals surface area contributed by atoms with E-state index >= 15 is 0 Å². The zero-order valence-corrected chi connectivity index (χ0v) is 17.0. The van der Waals surface area contributed by atoms with Crippen molar-refractivity contribution in [2.24, 2.45) is 4.99 Å². The number of aryl methyl sites for hydroxylation is 1. The number of aliphatic imine (C=N–C) groups is 1. The summed E-state index contributed by atoms with van der Waals surface area (Å²) in [7, 11) is 0. The van der Waals surface area contributed by atoms with Gasteiger partial charge in [-0.05, 0) is 56.9 Å². The smallest absolute Gasteiger partial charge is 0.265 e. The number of hydrogen-bond donors (Lipinski definition) is 2. The number of benzene rings is 1. The van der Waals surface area contributed by atoms with Crippen molar-refractivity contribution in [2.45, 2.75) is 58.4 Å². The van der Waals surface area contributed by atoms with Gasteiger partial charge in [0.1, 0.15) is 23.5 Å². The van der Waals surface area contributed by atoms with Crippen LogP contribution in [0.4, 0.5) is 17.2 Å². The van der Waals surface area contributed by atoms with Gasteiger partial charge in [-0.2, -0.15) is 0 Å². The van der Waals surface area contributed by atoms with Crippen LogP contribution in [0.2, 0.25) is 0 Å². The van der Waals surface area contributed by atoms with Gasteiger partial charge < -0.3 is 15.3 Å². The van der Waals surface area contributed by atoms with Gasteiger partial charge in [0.2, 0.25) is 0 Å². The van der Waals surface area contributed by atoms with Crippen LogP contribution in [0.25, 0.3) is 0 Å². The number of amides is 1. The van der Waals surface area contributed by atoms with E-state index in [1.165, 1.54) is 25.6 Å². The quantitative estimate of drug-likeness (QED) is 0.773. The zero-order valence-electron chi connectivity index (χ0n) is 17.0. The number of fused-ring (bicyclic) bond motifs is 1. The highest BCUT2D eigenvalue weighted by Gasteiger charge is 2.25. The van der Waals surface area contributed by atoms with Gasteiger partial charge in [-0.1, -0.05) is 19.3 Å². The lowest BCUT2D eigenvalue weighted by atomic mass is 9.95. The highest BCUT2D eigenvalue weighted by Crippen LogP contribution is 2.40. The molecule has 0 bridgehead atoms. The van der Waals surface area contributed by atoms with Crippen molar-refractivity contribution in [3.63, 3.8) is 0 Å². The standard InChI is InChI=1S/C22H27N5O2/c1-14-20(25-15(2)22(29)26-17-6-4-3-5-7-17)21(24-13-23-14)27-11-10-16-12-18(28)8-9-19(16)27/h8-9,12-13,17,28H,3-7,10-11H2,1-2H3,(H,26,29). The summed E-state index contributed by atoms with van der Waals surface area (Å²) in [6, 6.07) is 5.60. The second kappa shape index (κ2) is 8.19. The number of rotatable bonds is 4. The third-order valence-electron chi connectivity index (χ3n) is 5.75. The number of aromatic nitrogens is 2. The van der Waals surface area contributed by atoms with Gasteiger partial charge in [0.25, 0.3) is 5.91 Å². The monoisotopic (exact) mass is 393 g/mol. The van der Waals surface area contributed by atoms with Gasteiger partial charge in [0.15, 0.2) is 5.82 Å². The summed E-state index contributed by atoms with van der Waals surface area (Å²) in [5.41, 5.74) is 3.83. The van der Waals surface area contributed by atoms with E-state index in [1.807, 2.05) is 13.0 Å². The molecular weight excluding hydrogens is 366 g/mol. The fourth-order valence-corrected chi connectivity index (χ4v) is 4.15. The SMILES string of the molecule is CC(=Nc1c(C)ncnc1N1CCc2cc(O)ccc21)C(=O)NC1CCCCC1. The van der Waals surface area contributed by atoms with Crippen LogP contribution in [0.1, 0.15) is 50.3 Å². The molecule has 0 radical (unpaired) electrons. The normalized spacial score (nSPS) is 17.3. The highest BCUT2D eigenvalue weighted by atomic mass is 16.3. The van der Waals surface area contributed by atoms with Crippen molar-refractivity contribution in [1.82, 2.24) is 15.3 Å². The number of hydrogen-bond acceptors (Lipinski definition) is 6.